The Kier molecular flexibility index (Phi) is 7.46. The first kappa shape index (κ1) is 26.4. The molecule has 1 unspecified atom stereocenters. The van der Waals surface area contributed by atoms with Crippen molar-refractivity contribution in [3.05, 3.63) is 63.4 Å². The number of fused-ring (bicyclic) bond motifs is 1. The summed E-state index contributed by atoms with van der Waals surface area (Å²) < 4.78 is 15.1. The zero-order valence-electron chi connectivity index (χ0n) is 22.0. The van der Waals surface area contributed by atoms with Gasteiger partial charge in [-0.1, -0.05) is 28.1 Å². The summed E-state index contributed by atoms with van der Waals surface area (Å²) in [7, 11) is 0. The molecule has 1 N–H and O–H groups in total. The molecule has 1 atom stereocenters. The summed E-state index contributed by atoms with van der Waals surface area (Å²) in [6.07, 6.45) is 4.99. The summed E-state index contributed by atoms with van der Waals surface area (Å²) in [5.41, 5.74) is 3.64. The summed E-state index contributed by atoms with van der Waals surface area (Å²) in [6, 6.07) is 10.9. The Labute approximate surface area is 236 Å². The summed E-state index contributed by atoms with van der Waals surface area (Å²) in [6.45, 7) is 5.43. The Hall–Kier alpha value is -2.78. The highest BCUT2D eigenvalue weighted by atomic mass is 79.9. The van der Waals surface area contributed by atoms with Crippen LogP contribution in [-0.4, -0.2) is 66.3 Å². The van der Waals surface area contributed by atoms with Crippen LogP contribution in [0.3, 0.4) is 0 Å². The Morgan fingerprint density at radius 1 is 0.923 bits per heavy atom. The number of carbonyl (C=O) groups excluding carboxylic acids is 3. The summed E-state index contributed by atoms with van der Waals surface area (Å²) >= 11 is 3.34. The van der Waals surface area contributed by atoms with Crippen LogP contribution >= 0.6 is 15.9 Å². The topological polar surface area (TPSA) is 73.0 Å². The van der Waals surface area contributed by atoms with Gasteiger partial charge in [0.25, 0.3) is 5.91 Å². The third kappa shape index (κ3) is 5.48. The van der Waals surface area contributed by atoms with Gasteiger partial charge < -0.3 is 14.7 Å². The van der Waals surface area contributed by atoms with E-state index in [0.717, 1.165) is 68.4 Å². The molecule has 0 aliphatic carbocycles. The molecule has 0 bridgehead atoms. The molecule has 0 spiro atoms. The summed E-state index contributed by atoms with van der Waals surface area (Å²) in [5.74, 6) is 0.190. The Morgan fingerprint density at radius 3 is 2.41 bits per heavy atom. The van der Waals surface area contributed by atoms with Crippen LogP contribution in [0.5, 0.6) is 0 Å². The number of nitrogens with one attached hydrogen (secondary N) is 1. The maximum atomic E-state index is 14.4. The number of carbonyl (C=O) groups is 3. The number of anilines is 1. The molecule has 206 valence electrons. The minimum atomic E-state index is -0.574. The number of halogens is 2. The lowest BCUT2D eigenvalue weighted by Gasteiger charge is -2.38. The first-order chi connectivity index (χ1) is 18.9. The van der Waals surface area contributed by atoms with Crippen molar-refractivity contribution in [1.29, 1.82) is 0 Å². The molecule has 9 heteroatoms. The van der Waals surface area contributed by atoms with Crippen LogP contribution in [0.1, 0.15) is 65.9 Å². The van der Waals surface area contributed by atoms with E-state index in [4.69, 9.17) is 0 Å². The molecule has 3 amide bonds. The van der Waals surface area contributed by atoms with Crippen LogP contribution in [0.2, 0.25) is 0 Å². The van der Waals surface area contributed by atoms with Crippen molar-refractivity contribution in [2.75, 3.05) is 37.6 Å². The molecule has 3 saturated heterocycles. The normalized spacial score (nSPS) is 23.3. The molecule has 0 saturated carbocycles. The van der Waals surface area contributed by atoms with E-state index in [1.165, 1.54) is 5.56 Å². The largest absolute Gasteiger partial charge is 0.369 e. The van der Waals surface area contributed by atoms with Crippen molar-refractivity contribution < 1.29 is 18.8 Å². The number of rotatable bonds is 5. The lowest BCUT2D eigenvalue weighted by Crippen LogP contribution is -2.52. The predicted molar refractivity (Wildman–Crippen MR) is 150 cm³/mol. The van der Waals surface area contributed by atoms with E-state index in [9.17, 15) is 18.8 Å². The molecular weight excluding hydrogens is 563 g/mol. The third-order valence-electron chi connectivity index (χ3n) is 8.99. The highest BCUT2D eigenvalue weighted by Gasteiger charge is 2.39. The van der Waals surface area contributed by atoms with Crippen LogP contribution < -0.4 is 10.2 Å². The van der Waals surface area contributed by atoms with E-state index in [1.54, 1.807) is 11.0 Å². The second-order valence-electron chi connectivity index (χ2n) is 11.4. The lowest BCUT2D eigenvalue weighted by molar-refractivity contribution is -0.136. The van der Waals surface area contributed by atoms with E-state index in [0.29, 0.717) is 36.1 Å². The van der Waals surface area contributed by atoms with Crippen molar-refractivity contribution in [2.45, 2.75) is 57.0 Å². The summed E-state index contributed by atoms with van der Waals surface area (Å²) in [5, 5.41) is 2.37. The maximum absolute atomic E-state index is 14.4. The van der Waals surface area contributed by atoms with E-state index < -0.39 is 6.04 Å². The van der Waals surface area contributed by atoms with Crippen LogP contribution in [-0.2, 0) is 16.1 Å². The molecule has 4 heterocycles. The van der Waals surface area contributed by atoms with Crippen LogP contribution in [0, 0.1) is 11.7 Å². The number of amides is 3. The number of piperidine rings is 3. The first-order valence-electron chi connectivity index (χ1n) is 14.1. The van der Waals surface area contributed by atoms with Gasteiger partial charge in [0.05, 0.1) is 5.69 Å². The minimum Gasteiger partial charge on any atom is -0.369 e. The number of hydrogen-bond acceptors (Lipinski definition) is 5. The number of nitrogens with zero attached hydrogens (tertiary/aromatic N) is 3. The smallest absolute Gasteiger partial charge is 0.255 e. The van der Waals surface area contributed by atoms with Gasteiger partial charge in [0, 0.05) is 42.6 Å². The monoisotopic (exact) mass is 596 g/mol. The number of imide groups is 1. The van der Waals surface area contributed by atoms with Crippen molar-refractivity contribution in [3.8, 4) is 0 Å². The average Bonchev–Trinajstić information content (AvgIpc) is 3.25. The van der Waals surface area contributed by atoms with E-state index in [2.05, 4.69) is 43.2 Å². The van der Waals surface area contributed by atoms with Crippen molar-refractivity contribution in [3.63, 3.8) is 0 Å². The quantitative estimate of drug-likeness (QED) is 0.516. The van der Waals surface area contributed by atoms with E-state index in [1.807, 2.05) is 18.2 Å². The van der Waals surface area contributed by atoms with Gasteiger partial charge in [0.1, 0.15) is 11.9 Å². The summed E-state index contributed by atoms with van der Waals surface area (Å²) in [4.78, 5) is 43.2. The van der Waals surface area contributed by atoms with Gasteiger partial charge >= 0.3 is 0 Å². The molecule has 2 aromatic carbocycles. The fraction of sp³-hybridized carbons (Fsp3) is 0.500. The van der Waals surface area contributed by atoms with Crippen LogP contribution in [0.25, 0.3) is 0 Å². The Bertz CT molecular complexity index is 1290. The number of hydrogen-bond donors (Lipinski definition) is 1. The van der Waals surface area contributed by atoms with Gasteiger partial charge in [0.15, 0.2) is 0 Å². The van der Waals surface area contributed by atoms with Gasteiger partial charge in [-0.15, -0.1) is 0 Å². The minimum absolute atomic E-state index is 0.116. The number of benzene rings is 2. The second-order valence-corrected chi connectivity index (χ2v) is 12.3. The predicted octanol–water partition coefficient (Wildman–Crippen LogP) is 4.45. The Morgan fingerprint density at radius 2 is 1.69 bits per heavy atom. The fourth-order valence-electron chi connectivity index (χ4n) is 6.76. The van der Waals surface area contributed by atoms with Crippen molar-refractivity contribution >= 4 is 39.3 Å². The molecule has 0 radical (unpaired) electrons. The van der Waals surface area contributed by atoms with E-state index in [-0.39, 0.29) is 30.0 Å². The SMILES string of the molecule is O=C1CCC(N2Cc3cc(C4CCN(CC5CCN(c6ccc(Br)cc6F)CC5)CC4)ccc3C2=O)C(=O)N1. The second kappa shape index (κ2) is 11.0. The van der Waals surface area contributed by atoms with Gasteiger partial charge in [0.2, 0.25) is 11.8 Å². The maximum Gasteiger partial charge on any atom is 0.255 e. The van der Waals surface area contributed by atoms with Crippen LogP contribution in [0.15, 0.2) is 40.9 Å². The molecule has 4 aliphatic rings. The molecule has 0 aromatic heterocycles. The van der Waals surface area contributed by atoms with Crippen LogP contribution in [0.4, 0.5) is 10.1 Å². The molecule has 6 rings (SSSR count). The molecule has 7 nitrogen and oxygen atoms in total. The highest BCUT2D eigenvalue weighted by Crippen LogP contribution is 2.34. The molecule has 3 fully saturated rings. The van der Waals surface area contributed by atoms with Gasteiger partial charge in [-0.25, -0.2) is 4.39 Å². The molecule has 4 aliphatic heterocycles. The Balaban J connectivity index is 1.00. The zero-order valence-corrected chi connectivity index (χ0v) is 23.6. The zero-order chi connectivity index (χ0) is 27.1. The average molecular weight is 598 g/mol. The molecule has 2 aromatic rings. The van der Waals surface area contributed by atoms with Gasteiger partial charge in [-0.3, -0.25) is 19.7 Å². The first-order valence-corrected chi connectivity index (χ1v) is 14.8. The lowest BCUT2D eigenvalue weighted by atomic mass is 9.87. The van der Waals surface area contributed by atoms with Gasteiger partial charge in [-0.05, 0) is 92.4 Å². The van der Waals surface area contributed by atoms with E-state index >= 15 is 0 Å². The van der Waals surface area contributed by atoms with Gasteiger partial charge in [-0.2, -0.15) is 0 Å². The fourth-order valence-corrected chi connectivity index (χ4v) is 7.09. The molecule has 39 heavy (non-hydrogen) atoms. The number of likely N-dealkylation sites (tertiary alicyclic amines) is 1. The third-order valence-corrected chi connectivity index (χ3v) is 9.48. The van der Waals surface area contributed by atoms with Crippen molar-refractivity contribution in [2.24, 2.45) is 5.92 Å². The molecular formula is C30H34BrFN4O3. The highest BCUT2D eigenvalue weighted by molar-refractivity contribution is 9.10. The standard InChI is InChI=1S/C30H34BrFN4O3/c31-23-2-4-26(25(32)16-23)35-13-7-19(8-14-35)17-34-11-9-20(10-12-34)21-1-3-24-22(15-21)18-36(30(24)39)27-5-6-28(37)33-29(27)38/h1-4,15-16,19-20,27H,5-14,17-18H2,(H,33,37,38). The van der Waals surface area contributed by atoms with Crippen molar-refractivity contribution in [1.82, 2.24) is 15.1 Å².